The summed E-state index contributed by atoms with van der Waals surface area (Å²) in [4.78, 5) is 24.6. The zero-order valence-electron chi connectivity index (χ0n) is 17.5. The molecule has 1 aromatic carbocycles. The zero-order chi connectivity index (χ0) is 21.3. The minimum absolute atomic E-state index is 0.0585. The van der Waals surface area contributed by atoms with Crippen LogP contribution in [0, 0.1) is 16.7 Å². The van der Waals surface area contributed by atoms with Crippen molar-refractivity contribution in [3.63, 3.8) is 0 Å². The average molecular weight is 418 g/mol. The molecule has 160 valence electrons. The molecule has 5 rings (SSSR count). The monoisotopic (exact) mass is 418 g/mol. The van der Waals surface area contributed by atoms with Gasteiger partial charge in [-0.05, 0) is 37.7 Å². The summed E-state index contributed by atoms with van der Waals surface area (Å²) in [7, 11) is 0. The van der Waals surface area contributed by atoms with Gasteiger partial charge in [-0.1, -0.05) is 30.3 Å². The molecule has 31 heavy (non-hydrogen) atoms. The Hall–Kier alpha value is -2.82. The van der Waals surface area contributed by atoms with Crippen molar-refractivity contribution in [1.29, 1.82) is 5.26 Å². The third-order valence-corrected chi connectivity index (χ3v) is 6.91. The number of hydrogen-bond donors (Lipinski definition) is 0. The van der Waals surface area contributed by atoms with Crippen molar-refractivity contribution >= 4 is 5.91 Å². The molecule has 1 amide bonds. The van der Waals surface area contributed by atoms with Gasteiger partial charge in [-0.2, -0.15) is 5.26 Å². The number of hydrogen-bond acceptors (Lipinski definition) is 6. The van der Waals surface area contributed by atoms with E-state index in [0.29, 0.717) is 64.4 Å². The maximum atomic E-state index is 13.2. The molecule has 3 aliphatic rings. The molecule has 7 nitrogen and oxygen atoms in total. The van der Waals surface area contributed by atoms with Crippen molar-refractivity contribution in [1.82, 2.24) is 14.9 Å². The summed E-state index contributed by atoms with van der Waals surface area (Å²) < 4.78 is 11.7. The number of likely N-dealkylation sites (tertiary alicyclic amines) is 1. The van der Waals surface area contributed by atoms with E-state index in [1.807, 2.05) is 41.4 Å². The summed E-state index contributed by atoms with van der Waals surface area (Å²) in [5.41, 5.74) is 1.63. The van der Waals surface area contributed by atoms with Crippen LogP contribution in [0.1, 0.15) is 36.9 Å². The molecule has 0 saturated carbocycles. The Morgan fingerprint density at radius 1 is 1.06 bits per heavy atom. The van der Waals surface area contributed by atoms with Gasteiger partial charge in [-0.15, -0.1) is 0 Å². The Morgan fingerprint density at radius 3 is 2.52 bits per heavy atom. The van der Waals surface area contributed by atoms with E-state index in [4.69, 9.17) is 14.5 Å². The predicted octanol–water partition coefficient (Wildman–Crippen LogP) is 2.85. The Balaban J connectivity index is 1.39. The highest BCUT2D eigenvalue weighted by atomic mass is 16.5. The smallest absolute Gasteiger partial charge is 0.243 e. The summed E-state index contributed by atoms with van der Waals surface area (Å²) in [5, 5.41) is 9.76. The van der Waals surface area contributed by atoms with Gasteiger partial charge in [0.2, 0.25) is 5.91 Å². The topological polar surface area (TPSA) is 88.3 Å². The van der Waals surface area contributed by atoms with E-state index >= 15 is 0 Å². The Morgan fingerprint density at radius 2 is 1.81 bits per heavy atom. The number of ether oxygens (including phenoxy) is 2. The number of carbonyl (C=O) groups is 1. The summed E-state index contributed by atoms with van der Waals surface area (Å²) in [5.74, 6) is 0.644. The van der Waals surface area contributed by atoms with Crippen LogP contribution in [0.4, 0.5) is 0 Å². The molecule has 3 aliphatic heterocycles. The first-order chi connectivity index (χ1) is 15.2. The van der Waals surface area contributed by atoms with Crippen LogP contribution in [0.3, 0.4) is 0 Å². The zero-order valence-corrected chi connectivity index (χ0v) is 17.5. The van der Waals surface area contributed by atoms with Gasteiger partial charge in [0.1, 0.15) is 11.0 Å². The standard InChI is InChI=1S/C24H26N4O3/c25-17-23(9-14-30-15-10-23)22(29)28-11-7-24(8-12-28)20-19(6-13-31-24)16-26-21(27-20)18-4-2-1-3-5-18/h1-5,16H,6-15H2. The lowest BCUT2D eigenvalue weighted by molar-refractivity contribution is -0.152. The number of rotatable bonds is 2. The number of aromatic nitrogens is 2. The van der Waals surface area contributed by atoms with Crippen molar-refractivity contribution in [3.05, 3.63) is 47.8 Å². The highest BCUT2D eigenvalue weighted by Crippen LogP contribution is 2.42. The minimum atomic E-state index is -0.948. The van der Waals surface area contributed by atoms with Crippen LogP contribution in [0.2, 0.25) is 0 Å². The molecule has 0 radical (unpaired) electrons. The van der Waals surface area contributed by atoms with E-state index in [0.717, 1.165) is 23.2 Å². The minimum Gasteiger partial charge on any atom is -0.381 e. The molecule has 2 aromatic rings. The Kier molecular flexibility index (Phi) is 5.20. The molecular weight excluding hydrogens is 392 g/mol. The van der Waals surface area contributed by atoms with Gasteiger partial charge in [0, 0.05) is 38.1 Å². The Labute approximate surface area is 182 Å². The number of fused-ring (bicyclic) bond motifs is 2. The molecule has 0 atom stereocenters. The number of amides is 1. The molecule has 0 unspecified atom stereocenters. The quantitative estimate of drug-likeness (QED) is 0.745. The van der Waals surface area contributed by atoms with Gasteiger partial charge in [0.15, 0.2) is 5.82 Å². The normalized spacial score (nSPS) is 21.8. The van der Waals surface area contributed by atoms with Gasteiger partial charge in [-0.3, -0.25) is 4.79 Å². The second-order valence-electron chi connectivity index (χ2n) is 8.62. The maximum absolute atomic E-state index is 13.2. The number of piperidine rings is 1. The molecule has 7 heteroatoms. The van der Waals surface area contributed by atoms with Crippen LogP contribution in [0.15, 0.2) is 36.5 Å². The van der Waals surface area contributed by atoms with Crippen molar-refractivity contribution < 1.29 is 14.3 Å². The van der Waals surface area contributed by atoms with Crippen molar-refractivity contribution in [2.45, 2.75) is 37.7 Å². The molecule has 1 spiro atoms. The van der Waals surface area contributed by atoms with E-state index in [1.165, 1.54) is 0 Å². The maximum Gasteiger partial charge on any atom is 0.243 e. The van der Waals surface area contributed by atoms with Gasteiger partial charge in [-0.25, -0.2) is 9.97 Å². The van der Waals surface area contributed by atoms with E-state index in [1.54, 1.807) is 0 Å². The van der Waals surface area contributed by atoms with Gasteiger partial charge in [0.25, 0.3) is 0 Å². The fourth-order valence-electron chi connectivity index (χ4n) is 4.98. The summed E-state index contributed by atoms with van der Waals surface area (Å²) in [6, 6.07) is 12.3. The van der Waals surface area contributed by atoms with Crippen molar-refractivity contribution in [2.75, 3.05) is 32.9 Å². The third kappa shape index (κ3) is 3.50. The molecule has 0 aliphatic carbocycles. The summed E-state index contributed by atoms with van der Waals surface area (Å²) in [6.45, 7) is 2.69. The number of carbonyl (C=O) groups excluding carboxylic acids is 1. The van der Waals surface area contributed by atoms with Crippen LogP contribution in [-0.4, -0.2) is 53.7 Å². The highest BCUT2D eigenvalue weighted by molar-refractivity contribution is 5.85. The first-order valence-corrected chi connectivity index (χ1v) is 11.0. The van der Waals surface area contributed by atoms with Crippen LogP contribution < -0.4 is 0 Å². The SMILES string of the molecule is N#CC1(C(=O)N2CCC3(CC2)OCCc2cnc(-c4ccccc4)nc23)CCOCC1. The van der Waals surface area contributed by atoms with E-state index in [2.05, 4.69) is 11.1 Å². The van der Waals surface area contributed by atoms with Crippen molar-refractivity contribution in [3.8, 4) is 17.5 Å². The average Bonchev–Trinajstić information content (AvgIpc) is 2.85. The summed E-state index contributed by atoms with van der Waals surface area (Å²) >= 11 is 0. The molecular formula is C24H26N4O3. The number of nitrogens with zero attached hydrogens (tertiary/aromatic N) is 4. The molecule has 4 heterocycles. The van der Waals surface area contributed by atoms with E-state index in [9.17, 15) is 10.1 Å². The van der Waals surface area contributed by atoms with Gasteiger partial charge >= 0.3 is 0 Å². The van der Waals surface area contributed by atoms with Crippen LogP contribution in [0.5, 0.6) is 0 Å². The van der Waals surface area contributed by atoms with E-state index < -0.39 is 11.0 Å². The van der Waals surface area contributed by atoms with Crippen LogP contribution >= 0.6 is 0 Å². The second-order valence-corrected chi connectivity index (χ2v) is 8.62. The molecule has 2 fully saturated rings. The third-order valence-electron chi connectivity index (χ3n) is 6.91. The molecule has 0 bridgehead atoms. The second kappa shape index (κ2) is 8.03. The first-order valence-electron chi connectivity index (χ1n) is 11.0. The van der Waals surface area contributed by atoms with Crippen LogP contribution in [0.25, 0.3) is 11.4 Å². The number of benzene rings is 1. The highest BCUT2D eigenvalue weighted by Gasteiger charge is 2.48. The van der Waals surface area contributed by atoms with Gasteiger partial charge in [0.05, 0.1) is 18.4 Å². The van der Waals surface area contributed by atoms with Crippen molar-refractivity contribution in [2.24, 2.45) is 5.41 Å². The lowest BCUT2D eigenvalue weighted by atomic mass is 9.78. The lowest BCUT2D eigenvalue weighted by Gasteiger charge is -2.45. The molecule has 1 aromatic heterocycles. The lowest BCUT2D eigenvalue weighted by Crippen LogP contribution is -2.53. The first kappa shape index (κ1) is 20.1. The number of nitriles is 1. The predicted molar refractivity (Wildman–Crippen MR) is 113 cm³/mol. The fraction of sp³-hybridized carbons (Fsp3) is 0.500. The molecule has 0 N–H and O–H groups in total. The summed E-state index contributed by atoms with van der Waals surface area (Å²) in [6.07, 6.45) is 5.02. The Bertz CT molecular complexity index is 1000. The van der Waals surface area contributed by atoms with Crippen LogP contribution in [-0.2, 0) is 26.3 Å². The molecule has 2 saturated heterocycles. The van der Waals surface area contributed by atoms with E-state index in [-0.39, 0.29) is 5.91 Å². The van der Waals surface area contributed by atoms with Gasteiger partial charge < -0.3 is 14.4 Å². The fourth-order valence-corrected chi connectivity index (χ4v) is 4.98. The largest absolute Gasteiger partial charge is 0.381 e.